The van der Waals surface area contributed by atoms with E-state index in [1.165, 1.54) is 26.4 Å². The molecule has 2 rings (SSSR count). The molecule has 0 spiro atoms. The van der Waals surface area contributed by atoms with Crippen molar-refractivity contribution in [1.82, 2.24) is 4.98 Å². The summed E-state index contributed by atoms with van der Waals surface area (Å²) in [6.07, 6.45) is 3.13. The fourth-order valence-electron chi connectivity index (χ4n) is 2.04. The summed E-state index contributed by atoms with van der Waals surface area (Å²) in [5.74, 6) is -0.0677. The van der Waals surface area contributed by atoms with Crippen LogP contribution in [0.5, 0.6) is 17.2 Å². The van der Waals surface area contributed by atoms with Crippen molar-refractivity contribution in [2.45, 2.75) is 6.61 Å². The van der Waals surface area contributed by atoms with E-state index in [4.69, 9.17) is 9.47 Å². The normalized spacial score (nSPS) is 11.1. The zero-order valence-corrected chi connectivity index (χ0v) is 13.0. The average molecular weight is 332 g/mol. The molecule has 0 bridgehead atoms. The summed E-state index contributed by atoms with van der Waals surface area (Å²) >= 11 is 0. The van der Waals surface area contributed by atoms with Crippen LogP contribution in [0.4, 0.5) is 8.78 Å². The molecule has 1 aromatic heterocycles. The average Bonchev–Trinajstić information content (AvgIpc) is 2.60. The molecule has 0 atom stereocenters. The zero-order valence-electron chi connectivity index (χ0n) is 13.0. The molecule has 0 saturated heterocycles. The quantitative estimate of drug-likeness (QED) is 0.754. The Morgan fingerprint density at radius 1 is 1.21 bits per heavy atom. The van der Waals surface area contributed by atoms with Crippen LogP contribution in [0.15, 0.2) is 36.5 Å². The van der Waals surface area contributed by atoms with Crippen LogP contribution in [0, 0.1) is 11.3 Å². The smallest absolute Gasteiger partial charge is 0.387 e. The Balaban J connectivity index is 2.51. The van der Waals surface area contributed by atoms with Gasteiger partial charge in [-0.05, 0) is 35.9 Å². The summed E-state index contributed by atoms with van der Waals surface area (Å²) in [5.41, 5.74) is 1.32. The fraction of sp³-hybridized carbons (Fsp3) is 0.176. The largest absolute Gasteiger partial charge is 0.493 e. The third kappa shape index (κ3) is 3.98. The van der Waals surface area contributed by atoms with Crippen LogP contribution >= 0.6 is 0 Å². The van der Waals surface area contributed by atoms with E-state index in [1.54, 1.807) is 30.5 Å². The fourth-order valence-corrected chi connectivity index (χ4v) is 2.04. The minimum atomic E-state index is -3.02. The second-order valence-corrected chi connectivity index (χ2v) is 4.52. The number of hydrogen-bond acceptors (Lipinski definition) is 5. The maximum absolute atomic E-state index is 12.5. The molecule has 2 aromatic rings. The van der Waals surface area contributed by atoms with Crippen molar-refractivity contribution in [2.75, 3.05) is 14.2 Å². The molecule has 0 aliphatic heterocycles. The molecule has 5 nitrogen and oxygen atoms in total. The maximum atomic E-state index is 12.5. The lowest BCUT2D eigenvalue weighted by atomic mass is 10.1. The Morgan fingerprint density at radius 2 is 1.88 bits per heavy atom. The van der Waals surface area contributed by atoms with Gasteiger partial charge in [-0.1, -0.05) is 6.07 Å². The lowest BCUT2D eigenvalue weighted by molar-refractivity contribution is -0.0526. The van der Waals surface area contributed by atoms with Crippen LogP contribution in [0.25, 0.3) is 11.6 Å². The molecule has 0 amide bonds. The number of rotatable bonds is 6. The van der Waals surface area contributed by atoms with Crippen LogP contribution in [-0.2, 0) is 0 Å². The van der Waals surface area contributed by atoms with Crippen molar-refractivity contribution in [2.24, 2.45) is 0 Å². The van der Waals surface area contributed by atoms with Crippen molar-refractivity contribution in [1.29, 1.82) is 5.26 Å². The second kappa shape index (κ2) is 7.92. The number of ether oxygens (including phenoxy) is 3. The van der Waals surface area contributed by atoms with Gasteiger partial charge in [-0.25, -0.2) is 0 Å². The number of methoxy groups -OCH3 is 2. The van der Waals surface area contributed by atoms with Crippen molar-refractivity contribution >= 4 is 11.6 Å². The molecule has 0 N–H and O–H groups in total. The first-order valence-corrected chi connectivity index (χ1v) is 6.83. The molecular weight excluding hydrogens is 318 g/mol. The molecule has 0 aliphatic rings. The van der Waals surface area contributed by atoms with Crippen molar-refractivity contribution < 1.29 is 23.0 Å². The number of benzene rings is 1. The summed E-state index contributed by atoms with van der Waals surface area (Å²) in [6, 6.07) is 10.2. The van der Waals surface area contributed by atoms with Gasteiger partial charge in [0.05, 0.1) is 25.5 Å². The Morgan fingerprint density at radius 3 is 2.33 bits per heavy atom. The van der Waals surface area contributed by atoms with Gasteiger partial charge >= 0.3 is 6.61 Å². The molecule has 0 unspecified atom stereocenters. The predicted molar refractivity (Wildman–Crippen MR) is 83.9 cm³/mol. The van der Waals surface area contributed by atoms with Crippen molar-refractivity contribution in [3.05, 3.63) is 47.8 Å². The zero-order chi connectivity index (χ0) is 17.5. The van der Waals surface area contributed by atoms with Gasteiger partial charge in [-0.15, -0.1) is 0 Å². The SMILES string of the molecule is COc1cc(C=C(C#N)c2ccccn2)cc(OC)c1OC(F)F. The number of halogens is 2. The first-order valence-electron chi connectivity index (χ1n) is 6.83. The third-order valence-electron chi connectivity index (χ3n) is 3.06. The summed E-state index contributed by atoms with van der Waals surface area (Å²) in [4.78, 5) is 4.11. The second-order valence-electron chi connectivity index (χ2n) is 4.52. The Labute approximate surface area is 137 Å². The minimum Gasteiger partial charge on any atom is -0.493 e. The summed E-state index contributed by atoms with van der Waals surface area (Å²) in [7, 11) is 2.65. The Bertz CT molecular complexity index is 746. The van der Waals surface area contributed by atoms with Crippen molar-refractivity contribution in [3.63, 3.8) is 0 Å². The lowest BCUT2D eigenvalue weighted by Crippen LogP contribution is -2.05. The molecule has 124 valence electrons. The van der Waals surface area contributed by atoms with Gasteiger partial charge in [0.2, 0.25) is 5.75 Å². The molecule has 0 aliphatic carbocycles. The molecule has 0 saturated carbocycles. The van der Waals surface area contributed by atoms with Gasteiger partial charge in [0, 0.05) is 6.20 Å². The number of aromatic nitrogens is 1. The van der Waals surface area contributed by atoms with E-state index in [2.05, 4.69) is 15.8 Å². The van der Waals surface area contributed by atoms with E-state index in [1.807, 2.05) is 0 Å². The number of allylic oxidation sites excluding steroid dienone is 1. The first kappa shape index (κ1) is 17.2. The van der Waals surface area contributed by atoms with E-state index in [9.17, 15) is 14.0 Å². The van der Waals surface area contributed by atoms with Gasteiger partial charge < -0.3 is 14.2 Å². The van der Waals surface area contributed by atoms with Crippen molar-refractivity contribution in [3.8, 4) is 23.3 Å². The highest BCUT2D eigenvalue weighted by Crippen LogP contribution is 2.40. The van der Waals surface area contributed by atoms with E-state index in [0.717, 1.165) is 0 Å². The van der Waals surface area contributed by atoms with Crippen LogP contribution in [0.3, 0.4) is 0 Å². The number of hydrogen-bond donors (Lipinski definition) is 0. The summed E-state index contributed by atoms with van der Waals surface area (Å²) in [6.45, 7) is -3.02. The number of alkyl halides is 2. The summed E-state index contributed by atoms with van der Waals surface area (Å²) < 4.78 is 39.7. The standard InChI is InChI=1S/C17H14F2N2O3/c1-22-14-8-11(9-15(23-2)16(14)24-17(18)19)7-12(10-20)13-5-3-4-6-21-13/h3-9,17H,1-2H3. The predicted octanol–water partition coefficient (Wildman–Crippen LogP) is 3.76. The maximum Gasteiger partial charge on any atom is 0.387 e. The molecule has 1 aromatic carbocycles. The van der Waals surface area contributed by atoms with Gasteiger partial charge in [0.25, 0.3) is 0 Å². The Hall–Kier alpha value is -3.14. The van der Waals surface area contributed by atoms with E-state index < -0.39 is 6.61 Å². The number of nitriles is 1. The van der Waals surface area contributed by atoms with Gasteiger partial charge in [-0.2, -0.15) is 14.0 Å². The van der Waals surface area contributed by atoms with Gasteiger partial charge in [-0.3, -0.25) is 4.98 Å². The number of pyridine rings is 1. The lowest BCUT2D eigenvalue weighted by Gasteiger charge is -2.14. The molecule has 0 radical (unpaired) electrons. The molecule has 1 heterocycles. The Kier molecular flexibility index (Phi) is 5.68. The molecule has 7 heteroatoms. The molecule has 24 heavy (non-hydrogen) atoms. The van der Waals surface area contributed by atoms with E-state index in [-0.39, 0.29) is 17.2 Å². The van der Waals surface area contributed by atoms with Crippen LogP contribution in [-0.4, -0.2) is 25.8 Å². The highest BCUT2D eigenvalue weighted by Gasteiger charge is 2.18. The first-order chi connectivity index (χ1) is 11.6. The van der Waals surface area contributed by atoms with Crippen LogP contribution < -0.4 is 14.2 Å². The van der Waals surface area contributed by atoms with Crippen LogP contribution in [0.2, 0.25) is 0 Å². The highest BCUT2D eigenvalue weighted by atomic mass is 19.3. The molecular formula is C17H14F2N2O3. The summed E-state index contributed by atoms with van der Waals surface area (Å²) in [5, 5.41) is 9.32. The van der Waals surface area contributed by atoms with Crippen LogP contribution in [0.1, 0.15) is 11.3 Å². The monoisotopic (exact) mass is 332 g/mol. The molecule has 0 fully saturated rings. The number of nitrogens with zero attached hydrogens (tertiary/aromatic N) is 2. The van der Waals surface area contributed by atoms with E-state index >= 15 is 0 Å². The van der Waals surface area contributed by atoms with E-state index in [0.29, 0.717) is 16.8 Å². The van der Waals surface area contributed by atoms with Gasteiger partial charge in [0.15, 0.2) is 11.5 Å². The minimum absolute atomic E-state index is 0.0687. The third-order valence-corrected chi connectivity index (χ3v) is 3.06. The highest BCUT2D eigenvalue weighted by molar-refractivity contribution is 5.88. The topological polar surface area (TPSA) is 64.4 Å². The van der Waals surface area contributed by atoms with Gasteiger partial charge in [0.1, 0.15) is 6.07 Å².